The summed E-state index contributed by atoms with van der Waals surface area (Å²) in [5, 5.41) is 0. The number of hydrogen-bond donors (Lipinski definition) is 0. The molecule has 0 aliphatic carbocycles. The second-order valence-corrected chi connectivity index (χ2v) is 4.99. The van der Waals surface area contributed by atoms with Gasteiger partial charge in [-0.2, -0.15) is 0 Å². The summed E-state index contributed by atoms with van der Waals surface area (Å²) in [5.74, 6) is 0.901. The zero-order chi connectivity index (χ0) is 14.9. The van der Waals surface area contributed by atoms with Gasteiger partial charge in [0.25, 0.3) is 0 Å². The van der Waals surface area contributed by atoms with Crippen LogP contribution in [0.4, 0.5) is 5.69 Å². The molecule has 21 heavy (non-hydrogen) atoms. The number of aliphatic imine (C=N–C) groups is 1. The van der Waals surface area contributed by atoms with Crippen LogP contribution < -0.4 is 4.74 Å². The van der Waals surface area contributed by atoms with E-state index < -0.39 is 0 Å². The molecule has 0 aliphatic rings. The third-order valence-electron chi connectivity index (χ3n) is 3.34. The maximum absolute atomic E-state index is 5.44. The molecule has 0 N–H and O–H groups in total. The molecule has 0 saturated heterocycles. The molecular weight excluding hydrogens is 258 g/mol. The lowest BCUT2D eigenvalue weighted by Gasteiger charge is -2.05. The molecule has 0 heterocycles. The Bertz CT molecular complexity index is 572. The number of para-hydroxylation sites is 1. The average Bonchev–Trinajstić information content (AvgIpc) is 2.53. The first kappa shape index (κ1) is 15.3. The summed E-state index contributed by atoms with van der Waals surface area (Å²) in [7, 11) is 0. The lowest BCUT2D eigenvalue weighted by molar-refractivity contribution is 0.340. The van der Waals surface area contributed by atoms with Crippen molar-refractivity contribution in [2.24, 2.45) is 4.99 Å². The van der Waals surface area contributed by atoms with Crippen molar-refractivity contribution >= 4 is 11.9 Å². The van der Waals surface area contributed by atoms with Crippen LogP contribution in [0.15, 0.2) is 53.5 Å². The number of ether oxygens (including phenoxy) is 1. The molecule has 2 aromatic carbocycles. The summed E-state index contributed by atoms with van der Waals surface area (Å²) in [4.78, 5) is 4.64. The molecule has 0 saturated carbocycles. The quantitative estimate of drug-likeness (QED) is 0.641. The summed E-state index contributed by atoms with van der Waals surface area (Å²) < 4.78 is 5.44. The van der Waals surface area contributed by atoms with E-state index in [-0.39, 0.29) is 0 Å². The van der Waals surface area contributed by atoms with Gasteiger partial charge in [0.2, 0.25) is 0 Å². The summed E-state index contributed by atoms with van der Waals surface area (Å²) in [5.41, 5.74) is 3.48. The first-order valence-corrected chi connectivity index (χ1v) is 7.68. The maximum atomic E-state index is 5.44. The predicted octanol–water partition coefficient (Wildman–Crippen LogP) is 5.18. The van der Waals surface area contributed by atoms with Crippen molar-refractivity contribution in [2.75, 3.05) is 6.61 Å². The summed E-state index contributed by atoms with van der Waals surface area (Å²) in [6.45, 7) is 4.90. The molecule has 0 aliphatic heterocycles. The minimum absolute atomic E-state index is 0.693. The summed E-state index contributed by atoms with van der Waals surface area (Å²) in [6.07, 6.45) is 5.42. The molecule has 2 aromatic rings. The molecule has 0 unspecified atom stereocenters. The molecule has 0 fully saturated rings. The van der Waals surface area contributed by atoms with E-state index in [9.17, 15) is 0 Å². The van der Waals surface area contributed by atoms with Crippen LogP contribution >= 0.6 is 0 Å². The first-order valence-electron chi connectivity index (χ1n) is 7.68. The molecule has 2 nitrogen and oxygen atoms in total. The Morgan fingerprint density at radius 1 is 1.00 bits per heavy atom. The van der Waals surface area contributed by atoms with Crippen molar-refractivity contribution in [1.29, 1.82) is 0 Å². The van der Waals surface area contributed by atoms with Crippen molar-refractivity contribution in [1.82, 2.24) is 0 Å². The third-order valence-corrected chi connectivity index (χ3v) is 3.34. The standard InChI is InChI=1S/C19H23NO/c1-3-5-8-17-9-6-7-10-19(17)20-15-16-11-13-18(14-12-16)21-4-2/h6-7,9-15H,3-5,8H2,1-2H3. The van der Waals surface area contributed by atoms with Crippen molar-refractivity contribution in [3.05, 3.63) is 59.7 Å². The second kappa shape index (κ2) is 8.25. The Morgan fingerprint density at radius 2 is 1.76 bits per heavy atom. The van der Waals surface area contributed by atoms with Gasteiger partial charge < -0.3 is 4.74 Å². The van der Waals surface area contributed by atoms with Crippen molar-refractivity contribution in [2.45, 2.75) is 33.1 Å². The van der Waals surface area contributed by atoms with Gasteiger partial charge in [-0.15, -0.1) is 0 Å². The van der Waals surface area contributed by atoms with Crippen LogP contribution in [0, 0.1) is 0 Å². The van der Waals surface area contributed by atoms with Gasteiger partial charge in [0.15, 0.2) is 0 Å². The summed E-state index contributed by atoms with van der Waals surface area (Å²) >= 11 is 0. The van der Waals surface area contributed by atoms with Crippen LogP contribution in [-0.4, -0.2) is 12.8 Å². The Morgan fingerprint density at radius 3 is 2.48 bits per heavy atom. The molecule has 0 bridgehead atoms. The van der Waals surface area contributed by atoms with Crippen LogP contribution in [0.2, 0.25) is 0 Å². The van der Waals surface area contributed by atoms with Gasteiger partial charge in [-0.05, 0) is 61.2 Å². The Kier molecular flexibility index (Phi) is 6.01. The fourth-order valence-electron chi connectivity index (χ4n) is 2.18. The van der Waals surface area contributed by atoms with E-state index in [2.05, 4.69) is 30.1 Å². The highest BCUT2D eigenvalue weighted by Crippen LogP contribution is 2.21. The SMILES string of the molecule is CCCCc1ccccc1N=Cc1ccc(OCC)cc1. The number of aryl methyl sites for hydroxylation is 1. The monoisotopic (exact) mass is 281 g/mol. The molecule has 0 atom stereocenters. The van der Waals surface area contributed by atoms with Gasteiger partial charge in [-0.1, -0.05) is 31.5 Å². The van der Waals surface area contributed by atoms with Crippen LogP contribution in [0.25, 0.3) is 0 Å². The largest absolute Gasteiger partial charge is 0.494 e. The zero-order valence-electron chi connectivity index (χ0n) is 12.9. The molecular formula is C19H23NO. The fraction of sp³-hybridized carbons (Fsp3) is 0.316. The number of hydrogen-bond acceptors (Lipinski definition) is 2. The average molecular weight is 281 g/mol. The molecule has 0 radical (unpaired) electrons. The molecule has 0 spiro atoms. The summed E-state index contributed by atoms with van der Waals surface area (Å²) in [6, 6.07) is 16.4. The molecule has 0 amide bonds. The topological polar surface area (TPSA) is 21.6 Å². The van der Waals surface area contributed by atoms with Gasteiger partial charge in [-0.3, -0.25) is 4.99 Å². The van der Waals surface area contributed by atoms with Gasteiger partial charge in [-0.25, -0.2) is 0 Å². The number of benzene rings is 2. The predicted molar refractivity (Wildman–Crippen MR) is 89.9 cm³/mol. The number of unbranched alkanes of at least 4 members (excludes halogenated alkanes) is 1. The van der Waals surface area contributed by atoms with E-state index in [1.807, 2.05) is 43.5 Å². The van der Waals surface area contributed by atoms with E-state index in [1.165, 1.54) is 18.4 Å². The fourth-order valence-corrected chi connectivity index (χ4v) is 2.18. The van der Waals surface area contributed by atoms with E-state index in [0.717, 1.165) is 23.4 Å². The highest BCUT2D eigenvalue weighted by molar-refractivity contribution is 5.82. The molecule has 0 aromatic heterocycles. The smallest absolute Gasteiger partial charge is 0.119 e. The van der Waals surface area contributed by atoms with Gasteiger partial charge in [0, 0.05) is 6.21 Å². The van der Waals surface area contributed by atoms with E-state index in [0.29, 0.717) is 6.61 Å². The first-order chi connectivity index (χ1) is 10.3. The van der Waals surface area contributed by atoms with Gasteiger partial charge >= 0.3 is 0 Å². The van der Waals surface area contributed by atoms with Crippen molar-refractivity contribution in [3.8, 4) is 5.75 Å². The number of nitrogens with zero attached hydrogens (tertiary/aromatic N) is 1. The van der Waals surface area contributed by atoms with Crippen molar-refractivity contribution in [3.63, 3.8) is 0 Å². The van der Waals surface area contributed by atoms with Crippen molar-refractivity contribution < 1.29 is 4.74 Å². The normalized spacial score (nSPS) is 11.0. The minimum Gasteiger partial charge on any atom is -0.494 e. The number of rotatable bonds is 7. The van der Waals surface area contributed by atoms with Crippen LogP contribution in [0.5, 0.6) is 5.75 Å². The van der Waals surface area contributed by atoms with Crippen LogP contribution in [0.3, 0.4) is 0 Å². The highest BCUT2D eigenvalue weighted by atomic mass is 16.5. The lowest BCUT2D eigenvalue weighted by Crippen LogP contribution is -1.91. The molecule has 2 heteroatoms. The second-order valence-electron chi connectivity index (χ2n) is 4.99. The van der Waals surface area contributed by atoms with Crippen LogP contribution in [-0.2, 0) is 6.42 Å². The van der Waals surface area contributed by atoms with E-state index >= 15 is 0 Å². The molecule has 2 rings (SSSR count). The minimum atomic E-state index is 0.693. The van der Waals surface area contributed by atoms with E-state index in [1.54, 1.807) is 0 Å². The Labute approximate surface area is 127 Å². The molecule has 110 valence electrons. The Balaban J connectivity index is 2.09. The maximum Gasteiger partial charge on any atom is 0.119 e. The van der Waals surface area contributed by atoms with Gasteiger partial charge in [0.05, 0.1) is 12.3 Å². The van der Waals surface area contributed by atoms with Crippen LogP contribution in [0.1, 0.15) is 37.8 Å². The third kappa shape index (κ3) is 4.75. The van der Waals surface area contributed by atoms with E-state index in [4.69, 9.17) is 4.74 Å². The Hall–Kier alpha value is -2.09. The lowest BCUT2D eigenvalue weighted by atomic mass is 10.1. The van der Waals surface area contributed by atoms with Gasteiger partial charge in [0.1, 0.15) is 5.75 Å². The zero-order valence-corrected chi connectivity index (χ0v) is 12.9. The highest BCUT2D eigenvalue weighted by Gasteiger charge is 1.99.